The summed E-state index contributed by atoms with van der Waals surface area (Å²) in [7, 11) is 0. The molecule has 1 atom stereocenters. The van der Waals surface area contributed by atoms with Crippen LogP contribution in [0.4, 0.5) is 0 Å². The first-order valence-electron chi connectivity index (χ1n) is 8.00. The van der Waals surface area contributed by atoms with E-state index in [4.69, 9.17) is 4.98 Å². The molecule has 0 spiro atoms. The Balaban J connectivity index is 1.62. The predicted molar refractivity (Wildman–Crippen MR) is 94.3 cm³/mol. The number of hydrogen-bond acceptors (Lipinski definition) is 3. The lowest BCUT2D eigenvalue weighted by atomic mass is 10.1. The van der Waals surface area contributed by atoms with Gasteiger partial charge in [-0.3, -0.25) is 14.3 Å². The van der Waals surface area contributed by atoms with E-state index in [2.05, 4.69) is 49.4 Å². The summed E-state index contributed by atoms with van der Waals surface area (Å²) < 4.78 is 3.12. The van der Waals surface area contributed by atoms with Crippen molar-refractivity contribution in [3.05, 3.63) is 64.3 Å². The number of halogens is 1. The van der Waals surface area contributed by atoms with Gasteiger partial charge in [-0.05, 0) is 66.0 Å². The number of aryl methyl sites for hydroxylation is 1. The van der Waals surface area contributed by atoms with Crippen LogP contribution in [-0.4, -0.2) is 25.8 Å². The third-order valence-corrected chi connectivity index (χ3v) is 5.23. The first kappa shape index (κ1) is 14.8. The van der Waals surface area contributed by atoms with Crippen LogP contribution < -0.4 is 0 Å². The SMILES string of the molecule is Cc1cccnc1[C@@H]1CCCN1Cc1cn2c(Br)cccc2n1. The Bertz CT molecular complexity index is 842. The number of rotatable bonds is 3. The van der Waals surface area contributed by atoms with Crippen LogP contribution in [0.3, 0.4) is 0 Å². The van der Waals surface area contributed by atoms with Gasteiger partial charge < -0.3 is 0 Å². The summed E-state index contributed by atoms with van der Waals surface area (Å²) >= 11 is 3.58. The molecule has 0 bridgehead atoms. The highest BCUT2D eigenvalue weighted by molar-refractivity contribution is 9.10. The zero-order chi connectivity index (χ0) is 15.8. The van der Waals surface area contributed by atoms with Crippen LogP contribution in [0.25, 0.3) is 5.65 Å². The maximum absolute atomic E-state index is 4.76. The van der Waals surface area contributed by atoms with E-state index in [-0.39, 0.29) is 0 Å². The molecule has 0 amide bonds. The third kappa shape index (κ3) is 2.79. The molecule has 1 saturated heterocycles. The van der Waals surface area contributed by atoms with Gasteiger partial charge in [-0.15, -0.1) is 0 Å². The normalized spacial score (nSPS) is 18.8. The molecule has 3 aromatic heterocycles. The fraction of sp³-hybridized carbons (Fsp3) is 0.333. The molecule has 118 valence electrons. The second-order valence-corrected chi connectivity index (χ2v) is 6.96. The highest BCUT2D eigenvalue weighted by atomic mass is 79.9. The molecule has 0 N–H and O–H groups in total. The fourth-order valence-electron chi connectivity index (χ4n) is 3.48. The van der Waals surface area contributed by atoms with Crippen LogP contribution in [0.5, 0.6) is 0 Å². The molecule has 4 nitrogen and oxygen atoms in total. The van der Waals surface area contributed by atoms with Crippen molar-refractivity contribution in [2.24, 2.45) is 0 Å². The molecule has 0 radical (unpaired) electrons. The Hall–Kier alpha value is -1.72. The summed E-state index contributed by atoms with van der Waals surface area (Å²) in [4.78, 5) is 11.9. The van der Waals surface area contributed by atoms with Gasteiger partial charge in [-0.2, -0.15) is 0 Å². The van der Waals surface area contributed by atoms with Crippen LogP contribution in [0, 0.1) is 6.92 Å². The van der Waals surface area contributed by atoms with Gasteiger partial charge in [-0.25, -0.2) is 4.98 Å². The molecule has 0 aliphatic carbocycles. The van der Waals surface area contributed by atoms with Crippen LogP contribution in [-0.2, 0) is 6.54 Å². The fourth-order valence-corrected chi connectivity index (χ4v) is 3.92. The molecule has 1 aliphatic heterocycles. The molecule has 0 aromatic carbocycles. The number of imidazole rings is 1. The molecule has 1 aliphatic rings. The lowest BCUT2D eigenvalue weighted by Crippen LogP contribution is -2.24. The van der Waals surface area contributed by atoms with Gasteiger partial charge in [-0.1, -0.05) is 12.1 Å². The van der Waals surface area contributed by atoms with Gasteiger partial charge >= 0.3 is 0 Å². The molecular formula is C18H19BrN4. The summed E-state index contributed by atoms with van der Waals surface area (Å²) in [5.41, 5.74) is 4.59. The zero-order valence-electron chi connectivity index (χ0n) is 13.1. The number of hydrogen-bond donors (Lipinski definition) is 0. The number of nitrogens with zero attached hydrogens (tertiary/aromatic N) is 4. The smallest absolute Gasteiger partial charge is 0.137 e. The summed E-state index contributed by atoms with van der Waals surface area (Å²) in [6, 6.07) is 10.7. The average Bonchev–Trinajstić information content (AvgIpc) is 3.16. The summed E-state index contributed by atoms with van der Waals surface area (Å²) in [5.74, 6) is 0. The second-order valence-electron chi connectivity index (χ2n) is 6.14. The molecule has 4 heterocycles. The number of likely N-dealkylation sites (tertiary alicyclic amines) is 1. The van der Waals surface area contributed by atoms with Crippen molar-refractivity contribution >= 4 is 21.6 Å². The van der Waals surface area contributed by atoms with Gasteiger partial charge in [0.05, 0.1) is 22.0 Å². The zero-order valence-corrected chi connectivity index (χ0v) is 14.7. The van der Waals surface area contributed by atoms with E-state index in [1.54, 1.807) is 0 Å². The number of aromatic nitrogens is 3. The van der Waals surface area contributed by atoms with Crippen LogP contribution in [0.2, 0.25) is 0 Å². The molecule has 0 unspecified atom stereocenters. The van der Waals surface area contributed by atoms with Gasteiger partial charge in [0.15, 0.2) is 0 Å². The maximum atomic E-state index is 4.76. The van der Waals surface area contributed by atoms with Crippen molar-refractivity contribution in [3.8, 4) is 0 Å². The minimum Gasteiger partial charge on any atom is -0.294 e. The van der Waals surface area contributed by atoms with Crippen LogP contribution in [0.15, 0.2) is 47.3 Å². The van der Waals surface area contributed by atoms with Crippen molar-refractivity contribution in [3.63, 3.8) is 0 Å². The van der Waals surface area contributed by atoms with E-state index in [1.807, 2.05) is 30.5 Å². The first-order chi connectivity index (χ1) is 11.2. The molecule has 1 fully saturated rings. The van der Waals surface area contributed by atoms with E-state index < -0.39 is 0 Å². The van der Waals surface area contributed by atoms with Crippen molar-refractivity contribution in [2.75, 3.05) is 6.54 Å². The monoisotopic (exact) mass is 370 g/mol. The van der Waals surface area contributed by atoms with Crippen molar-refractivity contribution in [1.29, 1.82) is 0 Å². The number of pyridine rings is 2. The van der Waals surface area contributed by atoms with Crippen LogP contribution in [0.1, 0.15) is 35.8 Å². The molecule has 0 saturated carbocycles. The maximum Gasteiger partial charge on any atom is 0.137 e. The average molecular weight is 371 g/mol. The van der Waals surface area contributed by atoms with E-state index in [0.29, 0.717) is 6.04 Å². The largest absolute Gasteiger partial charge is 0.294 e. The summed E-state index contributed by atoms with van der Waals surface area (Å²) in [6.07, 6.45) is 6.42. The van der Waals surface area contributed by atoms with Crippen molar-refractivity contribution < 1.29 is 0 Å². The summed E-state index contributed by atoms with van der Waals surface area (Å²) in [5, 5.41) is 0. The topological polar surface area (TPSA) is 33.4 Å². The lowest BCUT2D eigenvalue weighted by molar-refractivity contribution is 0.241. The molecule has 4 rings (SSSR count). The molecular weight excluding hydrogens is 352 g/mol. The summed E-state index contributed by atoms with van der Waals surface area (Å²) in [6.45, 7) is 4.13. The van der Waals surface area contributed by atoms with E-state index in [0.717, 1.165) is 29.0 Å². The molecule has 5 heteroatoms. The highest BCUT2D eigenvalue weighted by Gasteiger charge is 2.28. The highest BCUT2D eigenvalue weighted by Crippen LogP contribution is 2.33. The Kier molecular flexibility index (Phi) is 3.91. The standard InChI is InChI=1S/C18H19BrN4/c1-13-5-3-9-20-18(13)15-6-4-10-22(15)11-14-12-23-16(19)7-2-8-17(23)21-14/h2-3,5,7-9,12,15H,4,6,10-11H2,1H3/t15-/m0/s1. The molecule has 23 heavy (non-hydrogen) atoms. The van der Waals surface area contributed by atoms with Gasteiger partial charge in [0, 0.05) is 18.9 Å². The van der Waals surface area contributed by atoms with E-state index in [1.165, 1.54) is 24.1 Å². The quantitative estimate of drug-likeness (QED) is 0.649. The lowest BCUT2D eigenvalue weighted by Gasteiger charge is -2.24. The van der Waals surface area contributed by atoms with Crippen molar-refractivity contribution in [2.45, 2.75) is 32.4 Å². The van der Waals surface area contributed by atoms with E-state index >= 15 is 0 Å². The Morgan fingerprint density at radius 2 is 2.17 bits per heavy atom. The van der Waals surface area contributed by atoms with Crippen molar-refractivity contribution in [1.82, 2.24) is 19.3 Å². The Morgan fingerprint density at radius 3 is 3.00 bits per heavy atom. The Morgan fingerprint density at radius 1 is 1.26 bits per heavy atom. The molecule has 3 aromatic rings. The number of fused-ring (bicyclic) bond motifs is 1. The minimum atomic E-state index is 0.407. The second kappa shape index (κ2) is 6.06. The van der Waals surface area contributed by atoms with E-state index in [9.17, 15) is 0 Å². The minimum absolute atomic E-state index is 0.407. The van der Waals surface area contributed by atoms with Crippen LogP contribution >= 0.6 is 15.9 Å². The first-order valence-corrected chi connectivity index (χ1v) is 8.80. The van der Waals surface area contributed by atoms with Gasteiger partial charge in [0.2, 0.25) is 0 Å². The third-order valence-electron chi connectivity index (χ3n) is 4.59. The Labute approximate surface area is 144 Å². The van der Waals surface area contributed by atoms with Gasteiger partial charge in [0.1, 0.15) is 5.65 Å². The predicted octanol–water partition coefficient (Wildman–Crippen LogP) is 4.14. The van der Waals surface area contributed by atoms with Gasteiger partial charge in [0.25, 0.3) is 0 Å².